The van der Waals surface area contributed by atoms with Crippen LogP contribution in [0.3, 0.4) is 0 Å². The number of carbonyl (C=O) groups excluding carboxylic acids is 1. The molecule has 1 aliphatic heterocycles. The Kier molecular flexibility index (Phi) is 5.97. The molecule has 0 spiro atoms. The summed E-state index contributed by atoms with van der Waals surface area (Å²) in [5.41, 5.74) is 2.08. The van der Waals surface area contributed by atoms with Gasteiger partial charge in [0.2, 0.25) is 5.91 Å². The molecule has 0 aromatic heterocycles. The summed E-state index contributed by atoms with van der Waals surface area (Å²) in [7, 11) is 2.00. The molecule has 0 radical (unpaired) electrons. The first-order chi connectivity index (χ1) is 12.0. The van der Waals surface area contributed by atoms with E-state index >= 15 is 0 Å². The predicted molar refractivity (Wildman–Crippen MR) is 102 cm³/mol. The summed E-state index contributed by atoms with van der Waals surface area (Å²) >= 11 is 0. The van der Waals surface area contributed by atoms with E-state index in [9.17, 15) is 4.79 Å². The Morgan fingerprint density at radius 3 is 2.20 bits per heavy atom. The van der Waals surface area contributed by atoms with Crippen LogP contribution in [0.1, 0.15) is 39.5 Å². The van der Waals surface area contributed by atoms with Gasteiger partial charge in [0, 0.05) is 36.4 Å². The lowest BCUT2D eigenvalue weighted by Gasteiger charge is -2.36. The predicted octanol–water partition coefficient (Wildman–Crippen LogP) is 3.02. The summed E-state index contributed by atoms with van der Waals surface area (Å²) in [6.07, 6.45) is 4.60. The van der Waals surface area contributed by atoms with Crippen LogP contribution in [0.25, 0.3) is 0 Å². The molecule has 3 rings (SSSR count). The van der Waals surface area contributed by atoms with Crippen LogP contribution in [0.5, 0.6) is 0 Å². The normalized spacial score (nSPS) is 30.1. The van der Waals surface area contributed by atoms with Gasteiger partial charge in [0.15, 0.2) is 0 Å². The van der Waals surface area contributed by atoms with Crippen molar-refractivity contribution in [1.82, 2.24) is 5.32 Å². The highest BCUT2D eigenvalue weighted by Gasteiger charge is 2.26. The molecule has 1 saturated carbocycles. The van der Waals surface area contributed by atoms with Crippen molar-refractivity contribution in [3.05, 3.63) is 24.3 Å². The highest BCUT2D eigenvalue weighted by molar-refractivity contribution is 5.92. The first-order valence-electron chi connectivity index (χ1n) is 9.53. The molecule has 2 aliphatic rings. The molecule has 1 aromatic carbocycles. The summed E-state index contributed by atoms with van der Waals surface area (Å²) in [5.74, 6) is 0.307. The van der Waals surface area contributed by atoms with E-state index in [-0.39, 0.29) is 24.0 Å². The topological polar surface area (TPSA) is 53.6 Å². The van der Waals surface area contributed by atoms with Crippen molar-refractivity contribution < 1.29 is 9.53 Å². The van der Waals surface area contributed by atoms with Gasteiger partial charge in [-0.3, -0.25) is 4.79 Å². The van der Waals surface area contributed by atoms with Crippen molar-refractivity contribution >= 4 is 17.3 Å². The third-order valence-corrected chi connectivity index (χ3v) is 5.43. The number of nitrogens with zero attached hydrogens (tertiary/aromatic N) is 1. The van der Waals surface area contributed by atoms with E-state index in [2.05, 4.69) is 41.5 Å². The molecule has 2 fully saturated rings. The van der Waals surface area contributed by atoms with E-state index in [0.717, 1.165) is 44.5 Å². The Balaban J connectivity index is 1.55. The third-order valence-electron chi connectivity index (χ3n) is 5.43. The van der Waals surface area contributed by atoms with E-state index in [0.29, 0.717) is 6.04 Å². The average molecular weight is 345 g/mol. The maximum atomic E-state index is 12.5. The van der Waals surface area contributed by atoms with Crippen LogP contribution < -0.4 is 15.5 Å². The Morgan fingerprint density at radius 1 is 1.04 bits per heavy atom. The molecule has 1 heterocycles. The molecule has 0 bridgehead atoms. The van der Waals surface area contributed by atoms with E-state index in [1.165, 1.54) is 5.69 Å². The summed E-state index contributed by atoms with van der Waals surface area (Å²) in [6.45, 7) is 6.04. The van der Waals surface area contributed by atoms with Crippen LogP contribution in [0.4, 0.5) is 11.4 Å². The zero-order chi connectivity index (χ0) is 17.8. The summed E-state index contributed by atoms with van der Waals surface area (Å²) in [4.78, 5) is 14.8. The van der Waals surface area contributed by atoms with Crippen molar-refractivity contribution in [1.29, 1.82) is 0 Å². The fraction of sp³-hybridized carbons (Fsp3) is 0.650. The number of carbonyl (C=O) groups is 1. The van der Waals surface area contributed by atoms with E-state index in [4.69, 9.17) is 4.74 Å². The fourth-order valence-electron chi connectivity index (χ4n) is 4.03. The molecule has 2 atom stereocenters. The average Bonchev–Trinajstić information content (AvgIpc) is 2.61. The molecule has 1 saturated heterocycles. The van der Waals surface area contributed by atoms with Crippen molar-refractivity contribution in [3.8, 4) is 0 Å². The highest BCUT2D eigenvalue weighted by atomic mass is 16.5. The lowest BCUT2D eigenvalue weighted by molar-refractivity contribution is -0.120. The molecular formula is C20H31N3O2. The zero-order valence-electron chi connectivity index (χ0n) is 15.6. The monoisotopic (exact) mass is 345 g/mol. The van der Waals surface area contributed by atoms with Gasteiger partial charge in [-0.1, -0.05) is 0 Å². The molecule has 138 valence electrons. The largest absolute Gasteiger partial charge is 0.372 e. The molecule has 1 amide bonds. The second-order valence-corrected chi connectivity index (χ2v) is 7.54. The van der Waals surface area contributed by atoms with Gasteiger partial charge < -0.3 is 20.3 Å². The van der Waals surface area contributed by atoms with Crippen molar-refractivity contribution in [2.75, 3.05) is 30.4 Å². The third kappa shape index (κ3) is 4.73. The highest BCUT2D eigenvalue weighted by Crippen LogP contribution is 2.26. The molecule has 1 aromatic rings. The molecule has 5 nitrogen and oxygen atoms in total. The first kappa shape index (κ1) is 18.2. The smallest absolute Gasteiger partial charge is 0.227 e. The van der Waals surface area contributed by atoms with Crippen LogP contribution in [-0.4, -0.2) is 44.3 Å². The van der Waals surface area contributed by atoms with Gasteiger partial charge in [0.25, 0.3) is 0 Å². The number of ether oxygens (including phenoxy) is 1. The second kappa shape index (κ2) is 8.19. The van der Waals surface area contributed by atoms with Gasteiger partial charge in [0.1, 0.15) is 0 Å². The number of hydrogen-bond acceptors (Lipinski definition) is 4. The SMILES string of the molecule is CNC1CCC(C(=O)Nc2ccc(N3CC(C)OC(C)C3)cc2)CC1. The number of benzene rings is 1. The fourth-order valence-corrected chi connectivity index (χ4v) is 4.03. The van der Waals surface area contributed by atoms with Crippen LogP contribution in [0, 0.1) is 5.92 Å². The Hall–Kier alpha value is -1.59. The molecule has 2 N–H and O–H groups in total. The van der Waals surface area contributed by atoms with Gasteiger partial charge in [-0.05, 0) is 70.8 Å². The van der Waals surface area contributed by atoms with Crippen LogP contribution in [-0.2, 0) is 9.53 Å². The van der Waals surface area contributed by atoms with Gasteiger partial charge in [-0.25, -0.2) is 0 Å². The lowest BCUT2D eigenvalue weighted by Crippen LogP contribution is -2.45. The molecule has 1 aliphatic carbocycles. The maximum Gasteiger partial charge on any atom is 0.227 e. The standard InChI is InChI=1S/C20H31N3O2/c1-14-12-23(13-15(2)25-14)19-10-8-18(9-11-19)22-20(24)16-4-6-17(21-3)7-5-16/h8-11,14-17,21H,4-7,12-13H2,1-3H3,(H,22,24). The summed E-state index contributed by atoms with van der Waals surface area (Å²) in [5, 5.41) is 6.40. The van der Waals surface area contributed by atoms with Crippen molar-refractivity contribution in [2.24, 2.45) is 5.92 Å². The quantitative estimate of drug-likeness (QED) is 0.881. The van der Waals surface area contributed by atoms with Gasteiger partial charge in [-0.2, -0.15) is 0 Å². The molecule has 25 heavy (non-hydrogen) atoms. The second-order valence-electron chi connectivity index (χ2n) is 7.54. The minimum atomic E-state index is 0.144. The Morgan fingerprint density at radius 2 is 1.64 bits per heavy atom. The van der Waals surface area contributed by atoms with E-state index in [1.54, 1.807) is 0 Å². The zero-order valence-corrected chi connectivity index (χ0v) is 15.6. The number of amides is 1. The molecule has 2 unspecified atom stereocenters. The van der Waals surface area contributed by atoms with Crippen molar-refractivity contribution in [3.63, 3.8) is 0 Å². The number of anilines is 2. The number of morpholine rings is 1. The molecular weight excluding hydrogens is 314 g/mol. The van der Waals surface area contributed by atoms with Crippen LogP contribution >= 0.6 is 0 Å². The first-order valence-corrected chi connectivity index (χ1v) is 9.53. The van der Waals surface area contributed by atoms with Crippen LogP contribution in [0.15, 0.2) is 24.3 Å². The van der Waals surface area contributed by atoms with Crippen molar-refractivity contribution in [2.45, 2.75) is 57.8 Å². The summed E-state index contributed by atoms with van der Waals surface area (Å²) < 4.78 is 5.79. The van der Waals surface area contributed by atoms with E-state index in [1.807, 2.05) is 19.2 Å². The van der Waals surface area contributed by atoms with Gasteiger partial charge in [0.05, 0.1) is 12.2 Å². The lowest BCUT2D eigenvalue weighted by atomic mass is 9.85. The Labute approximate surface area is 151 Å². The van der Waals surface area contributed by atoms with Gasteiger partial charge >= 0.3 is 0 Å². The number of hydrogen-bond donors (Lipinski definition) is 2. The number of nitrogens with one attached hydrogen (secondary N) is 2. The number of rotatable bonds is 4. The minimum Gasteiger partial charge on any atom is -0.372 e. The van der Waals surface area contributed by atoms with Gasteiger partial charge in [-0.15, -0.1) is 0 Å². The maximum absolute atomic E-state index is 12.5. The molecule has 5 heteroatoms. The summed E-state index contributed by atoms with van der Waals surface area (Å²) in [6, 6.07) is 8.78. The van der Waals surface area contributed by atoms with Crippen LogP contribution in [0.2, 0.25) is 0 Å². The van der Waals surface area contributed by atoms with E-state index < -0.39 is 0 Å². The minimum absolute atomic E-state index is 0.144. The Bertz CT molecular complexity index is 557.